The molecule has 0 aliphatic carbocycles. The number of carbonyl (C=O) groups is 1. The van der Waals surface area contributed by atoms with Gasteiger partial charge in [-0.15, -0.1) is 6.42 Å². The van der Waals surface area contributed by atoms with Gasteiger partial charge in [-0.05, 0) is 30.7 Å². The second-order valence-corrected chi connectivity index (χ2v) is 6.59. The van der Waals surface area contributed by atoms with Gasteiger partial charge in [0.2, 0.25) is 0 Å². The SMILES string of the molecule is C#CCn1c(=NC(=O)c2ccc(OC)cc2OC)sc2cccc(C)c21. The highest BCUT2D eigenvalue weighted by Gasteiger charge is 2.14. The molecule has 2 aromatic carbocycles. The van der Waals surface area contributed by atoms with Gasteiger partial charge in [0.1, 0.15) is 11.5 Å². The molecular weight excluding hydrogens is 348 g/mol. The fourth-order valence-electron chi connectivity index (χ4n) is 2.75. The van der Waals surface area contributed by atoms with Crippen molar-refractivity contribution >= 4 is 27.5 Å². The van der Waals surface area contributed by atoms with E-state index in [2.05, 4.69) is 10.9 Å². The largest absolute Gasteiger partial charge is 0.497 e. The number of fused-ring (bicyclic) bond motifs is 1. The molecule has 0 N–H and O–H groups in total. The Morgan fingerprint density at radius 3 is 2.77 bits per heavy atom. The number of nitrogens with zero attached hydrogens (tertiary/aromatic N) is 2. The highest BCUT2D eigenvalue weighted by Crippen LogP contribution is 2.25. The maximum absolute atomic E-state index is 12.8. The Morgan fingerprint density at radius 2 is 2.08 bits per heavy atom. The van der Waals surface area contributed by atoms with Crippen molar-refractivity contribution in [3.8, 4) is 23.8 Å². The molecule has 3 aromatic rings. The lowest BCUT2D eigenvalue weighted by Gasteiger charge is -2.07. The summed E-state index contributed by atoms with van der Waals surface area (Å²) in [5, 5.41) is 0. The standard InChI is InChI=1S/C20H18N2O3S/c1-5-11-22-18-13(2)7-6-8-17(18)26-20(22)21-19(23)15-10-9-14(24-3)12-16(15)25-4/h1,6-10,12H,11H2,2-4H3. The zero-order chi connectivity index (χ0) is 18.7. The van der Waals surface area contributed by atoms with E-state index in [-0.39, 0.29) is 5.91 Å². The van der Waals surface area contributed by atoms with Gasteiger partial charge in [0.25, 0.3) is 5.91 Å². The number of aryl methyl sites for hydroxylation is 1. The van der Waals surface area contributed by atoms with Crippen molar-refractivity contribution in [3.63, 3.8) is 0 Å². The third-order valence-corrected chi connectivity index (χ3v) is 5.03. The van der Waals surface area contributed by atoms with E-state index < -0.39 is 0 Å². The maximum atomic E-state index is 12.8. The number of thiazole rings is 1. The van der Waals surface area contributed by atoms with Gasteiger partial charge in [0.15, 0.2) is 4.80 Å². The summed E-state index contributed by atoms with van der Waals surface area (Å²) >= 11 is 1.44. The first kappa shape index (κ1) is 17.8. The van der Waals surface area contributed by atoms with Crippen molar-refractivity contribution in [2.75, 3.05) is 14.2 Å². The number of hydrogen-bond donors (Lipinski definition) is 0. The minimum absolute atomic E-state index is 0.344. The van der Waals surface area contributed by atoms with Gasteiger partial charge < -0.3 is 14.0 Å². The Hall–Kier alpha value is -3.04. The Balaban J connectivity index is 2.16. The van der Waals surface area contributed by atoms with Crippen LogP contribution in [0.2, 0.25) is 0 Å². The van der Waals surface area contributed by atoms with E-state index in [1.54, 1.807) is 25.3 Å². The summed E-state index contributed by atoms with van der Waals surface area (Å²) < 4.78 is 13.4. The molecule has 0 radical (unpaired) electrons. The van der Waals surface area contributed by atoms with E-state index in [1.165, 1.54) is 18.4 Å². The number of para-hydroxylation sites is 1. The van der Waals surface area contributed by atoms with Gasteiger partial charge in [-0.1, -0.05) is 29.4 Å². The quantitative estimate of drug-likeness (QED) is 0.665. The number of rotatable bonds is 4. The van der Waals surface area contributed by atoms with Crippen molar-refractivity contribution in [1.29, 1.82) is 0 Å². The summed E-state index contributed by atoms with van der Waals surface area (Å²) in [6.07, 6.45) is 5.52. The predicted octanol–water partition coefficient (Wildman–Crippen LogP) is 3.40. The molecule has 0 atom stereocenters. The molecule has 1 amide bonds. The number of terminal acetylenes is 1. The molecule has 26 heavy (non-hydrogen) atoms. The average molecular weight is 366 g/mol. The van der Waals surface area contributed by atoms with E-state index in [4.69, 9.17) is 15.9 Å². The van der Waals surface area contributed by atoms with Gasteiger partial charge in [0, 0.05) is 6.07 Å². The average Bonchev–Trinajstić information content (AvgIpc) is 2.99. The van der Waals surface area contributed by atoms with Crippen molar-refractivity contribution in [2.45, 2.75) is 13.5 Å². The Labute approximate surface area is 155 Å². The summed E-state index contributed by atoms with van der Waals surface area (Å²) in [5.41, 5.74) is 2.46. The molecule has 0 bridgehead atoms. The van der Waals surface area contributed by atoms with Gasteiger partial charge in [0.05, 0.1) is 36.5 Å². The molecule has 0 saturated heterocycles. The molecule has 3 rings (SSSR count). The minimum atomic E-state index is -0.389. The molecular formula is C20H18N2O3S. The zero-order valence-corrected chi connectivity index (χ0v) is 15.6. The molecule has 5 nitrogen and oxygen atoms in total. The molecule has 0 saturated carbocycles. The second kappa shape index (κ2) is 7.46. The van der Waals surface area contributed by atoms with E-state index in [0.717, 1.165) is 15.8 Å². The van der Waals surface area contributed by atoms with Crippen molar-refractivity contribution in [3.05, 3.63) is 52.3 Å². The minimum Gasteiger partial charge on any atom is -0.497 e. The summed E-state index contributed by atoms with van der Waals surface area (Å²) in [5.74, 6) is 3.27. The molecule has 1 heterocycles. The van der Waals surface area contributed by atoms with Crippen LogP contribution in [0.1, 0.15) is 15.9 Å². The molecule has 6 heteroatoms. The predicted molar refractivity (Wildman–Crippen MR) is 103 cm³/mol. The lowest BCUT2D eigenvalue weighted by Crippen LogP contribution is -2.17. The lowest BCUT2D eigenvalue weighted by molar-refractivity contribution is 0.0995. The summed E-state index contributed by atoms with van der Waals surface area (Å²) in [6, 6.07) is 11.0. The van der Waals surface area contributed by atoms with Crippen LogP contribution < -0.4 is 14.3 Å². The first-order valence-corrected chi connectivity index (χ1v) is 8.74. The Kier molecular flexibility index (Phi) is 5.10. The van der Waals surface area contributed by atoms with Crippen LogP contribution in [0.4, 0.5) is 0 Å². The van der Waals surface area contributed by atoms with Crippen LogP contribution in [-0.4, -0.2) is 24.7 Å². The number of amides is 1. The van der Waals surface area contributed by atoms with Crippen LogP contribution in [0.3, 0.4) is 0 Å². The second-order valence-electron chi connectivity index (χ2n) is 5.58. The molecule has 1 aromatic heterocycles. The number of ether oxygens (including phenoxy) is 2. The molecule has 0 aliphatic heterocycles. The van der Waals surface area contributed by atoms with Crippen molar-refractivity contribution < 1.29 is 14.3 Å². The van der Waals surface area contributed by atoms with Crippen LogP contribution in [0.5, 0.6) is 11.5 Å². The van der Waals surface area contributed by atoms with Crippen LogP contribution >= 0.6 is 11.3 Å². The van der Waals surface area contributed by atoms with E-state index in [9.17, 15) is 4.79 Å². The summed E-state index contributed by atoms with van der Waals surface area (Å²) in [6.45, 7) is 2.36. The Morgan fingerprint density at radius 1 is 1.27 bits per heavy atom. The van der Waals surface area contributed by atoms with E-state index in [0.29, 0.717) is 28.4 Å². The molecule has 0 aliphatic rings. The van der Waals surface area contributed by atoms with Gasteiger partial charge in [-0.25, -0.2) is 0 Å². The number of benzene rings is 2. The highest BCUT2D eigenvalue weighted by atomic mass is 32.1. The molecule has 0 spiro atoms. The monoisotopic (exact) mass is 366 g/mol. The fourth-order valence-corrected chi connectivity index (χ4v) is 3.86. The smallest absolute Gasteiger partial charge is 0.283 e. The Bertz CT molecular complexity index is 1090. The summed E-state index contributed by atoms with van der Waals surface area (Å²) in [4.78, 5) is 17.6. The van der Waals surface area contributed by atoms with Crippen LogP contribution in [0.25, 0.3) is 10.2 Å². The third kappa shape index (κ3) is 3.22. The van der Waals surface area contributed by atoms with Crippen LogP contribution in [-0.2, 0) is 6.54 Å². The van der Waals surface area contributed by atoms with Gasteiger partial charge >= 0.3 is 0 Å². The lowest BCUT2D eigenvalue weighted by atomic mass is 10.2. The molecule has 0 unspecified atom stereocenters. The number of hydrogen-bond acceptors (Lipinski definition) is 4. The van der Waals surface area contributed by atoms with Crippen LogP contribution in [0.15, 0.2) is 41.4 Å². The zero-order valence-electron chi connectivity index (χ0n) is 14.8. The highest BCUT2D eigenvalue weighted by molar-refractivity contribution is 7.16. The third-order valence-electron chi connectivity index (χ3n) is 3.99. The first-order chi connectivity index (χ1) is 12.6. The van der Waals surface area contributed by atoms with Gasteiger partial charge in [-0.3, -0.25) is 4.79 Å². The van der Waals surface area contributed by atoms with E-state index in [1.807, 2.05) is 29.7 Å². The van der Waals surface area contributed by atoms with Crippen LogP contribution in [0, 0.1) is 19.3 Å². The summed E-state index contributed by atoms with van der Waals surface area (Å²) in [7, 11) is 3.07. The number of methoxy groups -OCH3 is 2. The number of aromatic nitrogens is 1. The molecule has 0 fully saturated rings. The van der Waals surface area contributed by atoms with Crippen molar-refractivity contribution in [2.24, 2.45) is 4.99 Å². The fraction of sp³-hybridized carbons (Fsp3) is 0.200. The maximum Gasteiger partial charge on any atom is 0.283 e. The number of carbonyl (C=O) groups excluding carboxylic acids is 1. The van der Waals surface area contributed by atoms with Gasteiger partial charge in [-0.2, -0.15) is 4.99 Å². The normalized spacial score (nSPS) is 11.4. The topological polar surface area (TPSA) is 52.8 Å². The molecule has 132 valence electrons. The van der Waals surface area contributed by atoms with E-state index >= 15 is 0 Å². The van der Waals surface area contributed by atoms with Crippen molar-refractivity contribution in [1.82, 2.24) is 4.57 Å². The first-order valence-electron chi connectivity index (χ1n) is 7.92.